The Morgan fingerprint density at radius 2 is 1.82 bits per heavy atom. The van der Waals surface area contributed by atoms with E-state index in [2.05, 4.69) is 19.6 Å². The molecule has 0 spiro atoms. The monoisotopic (exact) mass is 627 g/mol. The van der Waals surface area contributed by atoms with E-state index in [1.54, 1.807) is 6.92 Å². The Labute approximate surface area is 246 Å². The number of ether oxygens (including phenoxy) is 4. The van der Waals surface area contributed by atoms with E-state index in [-0.39, 0.29) is 46.8 Å². The van der Waals surface area contributed by atoms with E-state index in [0.717, 1.165) is 10.7 Å². The molecule has 3 aromatic rings. The molecule has 3 heterocycles. The van der Waals surface area contributed by atoms with Gasteiger partial charge in [0, 0.05) is 17.7 Å². The van der Waals surface area contributed by atoms with Gasteiger partial charge in [0.05, 0.1) is 23.4 Å². The second-order valence-corrected chi connectivity index (χ2v) is 11.1. The lowest BCUT2D eigenvalue weighted by molar-refractivity contribution is -0.286. The van der Waals surface area contributed by atoms with Crippen molar-refractivity contribution in [2.75, 3.05) is 0 Å². The molecule has 1 saturated carbocycles. The number of benzene rings is 1. The van der Waals surface area contributed by atoms with Crippen molar-refractivity contribution >= 4 is 5.97 Å². The summed E-state index contributed by atoms with van der Waals surface area (Å²) in [6, 6.07) is 6.14. The molecule has 44 heavy (non-hydrogen) atoms. The molecule has 0 saturated heterocycles. The maximum Gasteiger partial charge on any atom is 0.586 e. The van der Waals surface area contributed by atoms with Crippen LogP contribution in [-0.2, 0) is 22.1 Å². The lowest BCUT2D eigenvalue weighted by atomic mass is 9.87. The van der Waals surface area contributed by atoms with Gasteiger partial charge in [-0.3, -0.25) is 4.79 Å². The van der Waals surface area contributed by atoms with Crippen LogP contribution >= 0.6 is 0 Å². The van der Waals surface area contributed by atoms with Crippen LogP contribution < -0.4 is 14.2 Å². The number of aromatic nitrogens is 3. The average molecular weight is 628 g/mol. The maximum absolute atomic E-state index is 14.8. The van der Waals surface area contributed by atoms with Gasteiger partial charge in [-0.2, -0.15) is 27.6 Å². The van der Waals surface area contributed by atoms with Crippen LogP contribution in [0.15, 0.2) is 30.3 Å². The van der Waals surface area contributed by atoms with Gasteiger partial charge in [-0.1, -0.05) is 6.07 Å². The molecule has 1 aromatic carbocycles. The third-order valence-electron chi connectivity index (χ3n) is 8.06. The first-order chi connectivity index (χ1) is 20.8. The van der Waals surface area contributed by atoms with E-state index in [4.69, 9.17) is 9.47 Å². The van der Waals surface area contributed by atoms with Crippen molar-refractivity contribution in [3.05, 3.63) is 58.8 Å². The van der Waals surface area contributed by atoms with Crippen LogP contribution in [0, 0.1) is 11.9 Å². The Hall–Kier alpha value is -4.01. The Morgan fingerprint density at radius 1 is 1.09 bits per heavy atom. The Morgan fingerprint density at radius 3 is 2.52 bits per heavy atom. The Balaban J connectivity index is 1.30. The van der Waals surface area contributed by atoms with Gasteiger partial charge >= 0.3 is 18.4 Å². The lowest BCUT2D eigenvalue weighted by Gasteiger charge is -2.32. The topological polar surface area (TPSA) is 105 Å². The second-order valence-electron chi connectivity index (χ2n) is 11.1. The van der Waals surface area contributed by atoms with E-state index >= 15 is 0 Å². The first kappa shape index (κ1) is 30.0. The van der Waals surface area contributed by atoms with Gasteiger partial charge in [-0.05, 0) is 69.6 Å². The van der Waals surface area contributed by atoms with Gasteiger partial charge in [0.2, 0.25) is 11.8 Å². The van der Waals surface area contributed by atoms with Crippen molar-refractivity contribution in [1.29, 1.82) is 0 Å². The van der Waals surface area contributed by atoms with Crippen molar-refractivity contribution in [1.82, 2.24) is 14.8 Å². The zero-order valence-electron chi connectivity index (χ0n) is 23.2. The molecule has 0 unspecified atom stereocenters. The van der Waals surface area contributed by atoms with Crippen LogP contribution in [0.2, 0.25) is 0 Å². The number of hydrogen-bond acceptors (Lipinski definition) is 7. The fourth-order valence-electron chi connectivity index (χ4n) is 5.99. The standard InChI is InChI=1S/C29H27F6N3O6/c1-14(16-7-10-20-22(11-16)44-29(34,35)43-20)41-24-13-17(12-23(30)36-24)38-25-19(26(37-38)28(31,32)33)3-2-4-21(25)42-18-8-5-15(6-9-18)27(39)40/h7,10-15,18,21H,2-6,8-9H2,1H3,(H,39,40)/t14-,15?,18?,21+/m0/s1. The van der Waals surface area contributed by atoms with Crippen LogP contribution in [0.3, 0.4) is 0 Å². The molecule has 3 aliphatic rings. The van der Waals surface area contributed by atoms with Crippen LogP contribution in [0.1, 0.15) is 80.2 Å². The first-order valence-corrected chi connectivity index (χ1v) is 14.1. The fraction of sp³-hybridized carbons (Fsp3) is 0.483. The normalized spacial score (nSPS) is 23.2. The number of hydrogen-bond donors (Lipinski definition) is 1. The smallest absolute Gasteiger partial charge is 0.481 e. The van der Waals surface area contributed by atoms with E-state index in [1.807, 2.05) is 0 Å². The van der Waals surface area contributed by atoms with E-state index in [9.17, 15) is 36.2 Å². The maximum atomic E-state index is 14.8. The highest BCUT2D eigenvalue weighted by Gasteiger charge is 2.44. The predicted molar refractivity (Wildman–Crippen MR) is 138 cm³/mol. The van der Waals surface area contributed by atoms with Crippen LogP contribution in [0.5, 0.6) is 17.4 Å². The Kier molecular flexibility index (Phi) is 7.62. The molecule has 9 nitrogen and oxygen atoms in total. The summed E-state index contributed by atoms with van der Waals surface area (Å²) in [5.74, 6) is -3.10. The lowest BCUT2D eigenvalue weighted by Crippen LogP contribution is -2.29. The van der Waals surface area contributed by atoms with Crippen molar-refractivity contribution in [2.24, 2.45) is 5.92 Å². The number of pyridine rings is 1. The molecular weight excluding hydrogens is 600 g/mol. The van der Waals surface area contributed by atoms with Crippen LogP contribution in [0.4, 0.5) is 26.3 Å². The fourth-order valence-corrected chi connectivity index (χ4v) is 5.99. The summed E-state index contributed by atoms with van der Waals surface area (Å²) in [5.41, 5.74) is -0.717. The van der Waals surface area contributed by atoms with Crippen LogP contribution in [-0.4, -0.2) is 38.2 Å². The summed E-state index contributed by atoms with van der Waals surface area (Å²) in [7, 11) is 0. The van der Waals surface area contributed by atoms with Gasteiger partial charge in [0.1, 0.15) is 12.2 Å². The molecule has 1 aliphatic heterocycles. The minimum absolute atomic E-state index is 0.0433. The van der Waals surface area contributed by atoms with Gasteiger partial charge in [0.25, 0.3) is 0 Å². The van der Waals surface area contributed by atoms with Gasteiger partial charge in [-0.15, -0.1) is 8.78 Å². The van der Waals surface area contributed by atoms with Crippen molar-refractivity contribution in [3.8, 4) is 23.1 Å². The minimum atomic E-state index is -4.79. The molecule has 0 bridgehead atoms. The number of nitrogens with zero attached hydrogens (tertiary/aromatic N) is 3. The number of alkyl halides is 5. The summed E-state index contributed by atoms with van der Waals surface area (Å²) >= 11 is 0. The highest BCUT2D eigenvalue weighted by atomic mass is 19.4. The molecule has 0 amide bonds. The van der Waals surface area contributed by atoms with Gasteiger partial charge < -0.3 is 24.1 Å². The molecule has 1 fully saturated rings. The summed E-state index contributed by atoms with van der Waals surface area (Å²) < 4.78 is 106. The number of carboxylic acid groups (broad SMARTS) is 1. The SMILES string of the molecule is C[C@H](Oc1cc(-n2nc(C(F)(F)F)c3c2[C@H](OC2CCC(C(=O)O)CC2)CCC3)cc(F)n1)c1ccc2c(c1)OC(F)(F)O2. The number of fused-ring (bicyclic) bond motifs is 2. The third-order valence-corrected chi connectivity index (χ3v) is 8.06. The zero-order chi connectivity index (χ0) is 31.4. The molecule has 2 aromatic heterocycles. The molecule has 6 rings (SSSR count). The summed E-state index contributed by atoms with van der Waals surface area (Å²) in [5, 5.41) is 13.2. The van der Waals surface area contributed by atoms with Crippen molar-refractivity contribution < 1.29 is 55.2 Å². The molecule has 2 atom stereocenters. The van der Waals surface area contributed by atoms with Gasteiger partial charge in [0.15, 0.2) is 17.2 Å². The molecule has 1 N–H and O–H groups in total. The molecular formula is C29H27F6N3O6. The summed E-state index contributed by atoms with van der Waals surface area (Å²) in [6.07, 6.45) is -8.04. The second kappa shape index (κ2) is 11.2. The van der Waals surface area contributed by atoms with E-state index in [0.29, 0.717) is 44.1 Å². The van der Waals surface area contributed by atoms with E-state index < -0.39 is 48.2 Å². The number of carbonyl (C=O) groups is 1. The number of rotatable bonds is 7. The van der Waals surface area contributed by atoms with E-state index in [1.165, 1.54) is 24.3 Å². The Bertz CT molecular complexity index is 1570. The molecule has 236 valence electrons. The molecule has 0 radical (unpaired) electrons. The average Bonchev–Trinajstić information content (AvgIpc) is 3.50. The van der Waals surface area contributed by atoms with Crippen molar-refractivity contribution in [3.63, 3.8) is 0 Å². The van der Waals surface area contributed by atoms with Crippen molar-refractivity contribution in [2.45, 2.75) is 82.7 Å². The number of carboxylic acids is 1. The first-order valence-electron chi connectivity index (χ1n) is 14.1. The molecule has 15 heteroatoms. The van der Waals surface area contributed by atoms with Gasteiger partial charge in [-0.25, -0.2) is 4.68 Å². The summed E-state index contributed by atoms with van der Waals surface area (Å²) in [6.45, 7) is 1.54. The highest BCUT2D eigenvalue weighted by molar-refractivity contribution is 5.70. The highest BCUT2D eigenvalue weighted by Crippen LogP contribution is 2.44. The zero-order valence-corrected chi connectivity index (χ0v) is 23.2. The van der Waals surface area contributed by atoms with Crippen LogP contribution in [0.25, 0.3) is 5.69 Å². The number of aliphatic carboxylic acids is 1. The summed E-state index contributed by atoms with van der Waals surface area (Å²) in [4.78, 5) is 15.1. The minimum Gasteiger partial charge on any atom is -0.481 e. The predicted octanol–water partition coefficient (Wildman–Crippen LogP) is 6.92. The molecule has 2 aliphatic carbocycles. The quantitative estimate of drug-likeness (QED) is 0.222. The largest absolute Gasteiger partial charge is 0.586 e. The number of halogens is 6. The third kappa shape index (κ3) is 6.01.